The second-order valence-electron chi connectivity index (χ2n) is 3.61. The maximum Gasteiger partial charge on any atom is 0.225 e. The second-order valence-corrected chi connectivity index (χ2v) is 3.61. The Morgan fingerprint density at radius 3 is 2.83 bits per heavy atom. The minimum absolute atomic E-state index is 0.520. The van der Waals surface area contributed by atoms with Gasteiger partial charge in [0, 0.05) is 24.9 Å². The van der Waals surface area contributed by atoms with E-state index < -0.39 is 0 Å². The number of hydrogen-bond donors (Lipinski definition) is 1. The molecule has 4 heteroatoms. The number of anilines is 1. The first kappa shape index (κ1) is 12.1. The average Bonchev–Trinajstić information content (AvgIpc) is 2.41. The molecule has 0 amide bonds. The summed E-state index contributed by atoms with van der Waals surface area (Å²) in [4.78, 5) is 8.26. The highest BCUT2D eigenvalue weighted by Gasteiger charge is 2.03. The molecule has 2 rings (SSSR count). The zero-order valence-electron chi connectivity index (χ0n) is 10.4. The molecule has 0 aliphatic heterocycles. The molecule has 1 N–H and O–H groups in total. The highest BCUT2D eigenvalue weighted by atomic mass is 16.5. The summed E-state index contributed by atoms with van der Waals surface area (Å²) in [6, 6.07) is 9.54. The third-order valence-electron chi connectivity index (χ3n) is 2.33. The van der Waals surface area contributed by atoms with Crippen LogP contribution in [0.4, 0.5) is 5.95 Å². The van der Waals surface area contributed by atoms with E-state index >= 15 is 0 Å². The Hall–Kier alpha value is -2.36. The molecule has 1 aromatic carbocycles. The summed E-state index contributed by atoms with van der Waals surface area (Å²) < 4.78 is 5.76. The molecule has 92 valence electrons. The molecule has 0 spiro atoms. The molecule has 0 saturated heterocycles. The van der Waals surface area contributed by atoms with Gasteiger partial charge in [-0.3, -0.25) is 0 Å². The molecule has 2 aromatic rings. The van der Waals surface area contributed by atoms with Crippen molar-refractivity contribution in [2.45, 2.75) is 6.92 Å². The number of para-hydroxylation sites is 1. The summed E-state index contributed by atoms with van der Waals surface area (Å²) in [6.45, 7) is 1.97. The average molecular weight is 241 g/mol. The smallest absolute Gasteiger partial charge is 0.225 e. The monoisotopic (exact) mass is 241 g/mol. The van der Waals surface area contributed by atoms with Gasteiger partial charge in [-0.05, 0) is 13.0 Å². The van der Waals surface area contributed by atoms with Crippen molar-refractivity contribution < 1.29 is 4.74 Å². The van der Waals surface area contributed by atoms with E-state index in [2.05, 4.69) is 15.3 Å². The fourth-order valence-electron chi connectivity index (χ4n) is 1.52. The number of nitrogens with one attached hydrogen (secondary N) is 1. The molecule has 0 unspecified atom stereocenters. The number of allylic oxidation sites excluding steroid dienone is 1. The maximum absolute atomic E-state index is 5.76. The zero-order valence-corrected chi connectivity index (χ0v) is 10.4. The summed E-state index contributed by atoms with van der Waals surface area (Å²) >= 11 is 0. The highest BCUT2D eigenvalue weighted by molar-refractivity contribution is 5.57. The summed E-state index contributed by atoms with van der Waals surface area (Å²) in [5, 5.41) is 2.88. The Morgan fingerprint density at radius 1 is 1.22 bits per heavy atom. The van der Waals surface area contributed by atoms with Gasteiger partial charge >= 0.3 is 0 Å². The first-order valence-electron chi connectivity index (χ1n) is 5.74. The number of benzene rings is 1. The van der Waals surface area contributed by atoms with Crippen LogP contribution in [-0.2, 0) is 0 Å². The molecule has 0 aliphatic carbocycles. The van der Waals surface area contributed by atoms with Gasteiger partial charge in [-0.15, -0.1) is 0 Å². The lowest BCUT2D eigenvalue weighted by Gasteiger charge is -2.08. The minimum atomic E-state index is 0.520. The molecule has 0 saturated carbocycles. The lowest BCUT2D eigenvalue weighted by atomic mass is 10.2. The molecule has 0 fully saturated rings. The van der Waals surface area contributed by atoms with Crippen molar-refractivity contribution >= 4 is 12.0 Å². The topological polar surface area (TPSA) is 47.0 Å². The lowest BCUT2D eigenvalue weighted by Crippen LogP contribution is -1.97. The van der Waals surface area contributed by atoms with Gasteiger partial charge < -0.3 is 10.1 Å². The Labute approximate surface area is 106 Å². The predicted molar refractivity (Wildman–Crippen MR) is 72.8 cm³/mol. The fourth-order valence-corrected chi connectivity index (χ4v) is 1.52. The summed E-state index contributed by atoms with van der Waals surface area (Å²) in [5.41, 5.74) is 1.02. The van der Waals surface area contributed by atoms with Gasteiger partial charge in [-0.25, -0.2) is 4.98 Å². The second kappa shape index (κ2) is 5.82. The van der Waals surface area contributed by atoms with Crippen molar-refractivity contribution in [3.63, 3.8) is 0 Å². The number of hydrogen-bond acceptors (Lipinski definition) is 4. The van der Waals surface area contributed by atoms with Crippen molar-refractivity contribution in [3.8, 4) is 11.6 Å². The van der Waals surface area contributed by atoms with Gasteiger partial charge in [0.15, 0.2) is 0 Å². The van der Waals surface area contributed by atoms with Gasteiger partial charge in [-0.2, -0.15) is 4.98 Å². The Bertz CT molecular complexity index is 552. The van der Waals surface area contributed by atoms with E-state index in [0.29, 0.717) is 11.8 Å². The summed E-state index contributed by atoms with van der Waals surface area (Å²) in [6.07, 6.45) is 5.63. The van der Waals surface area contributed by atoms with Crippen LogP contribution in [0.5, 0.6) is 11.6 Å². The van der Waals surface area contributed by atoms with Gasteiger partial charge in [0.25, 0.3) is 0 Å². The van der Waals surface area contributed by atoms with Gasteiger partial charge in [0.05, 0.1) is 0 Å². The Morgan fingerprint density at radius 2 is 2.06 bits per heavy atom. The van der Waals surface area contributed by atoms with E-state index in [0.717, 1.165) is 11.3 Å². The third kappa shape index (κ3) is 2.85. The van der Waals surface area contributed by atoms with Crippen molar-refractivity contribution in [2.75, 3.05) is 12.4 Å². The van der Waals surface area contributed by atoms with Crippen LogP contribution in [0.25, 0.3) is 6.08 Å². The van der Waals surface area contributed by atoms with E-state index in [-0.39, 0.29) is 0 Å². The van der Waals surface area contributed by atoms with Gasteiger partial charge in [0.1, 0.15) is 5.75 Å². The fraction of sp³-hybridized carbons (Fsp3) is 0.143. The molecule has 4 nitrogen and oxygen atoms in total. The van der Waals surface area contributed by atoms with Crippen LogP contribution in [0.3, 0.4) is 0 Å². The highest BCUT2D eigenvalue weighted by Crippen LogP contribution is 2.25. The van der Waals surface area contributed by atoms with Crippen molar-refractivity contribution in [2.24, 2.45) is 0 Å². The van der Waals surface area contributed by atoms with Crippen LogP contribution in [-0.4, -0.2) is 17.0 Å². The van der Waals surface area contributed by atoms with E-state index in [1.165, 1.54) is 0 Å². The van der Waals surface area contributed by atoms with Gasteiger partial charge in [-0.1, -0.05) is 30.4 Å². The number of rotatable bonds is 4. The minimum Gasteiger partial charge on any atom is -0.438 e. The van der Waals surface area contributed by atoms with Crippen LogP contribution >= 0.6 is 0 Å². The molecule has 1 heterocycles. The standard InChI is InChI=1S/C14H15N3O/c1-3-6-11-7-4-5-8-12(11)18-13-9-10-16-14(15-2)17-13/h3-10H,1-2H3,(H,15,16,17)/b6-3+. The quantitative estimate of drug-likeness (QED) is 0.891. The van der Waals surface area contributed by atoms with E-state index in [4.69, 9.17) is 4.74 Å². The van der Waals surface area contributed by atoms with E-state index in [9.17, 15) is 0 Å². The van der Waals surface area contributed by atoms with Crippen LogP contribution in [0.15, 0.2) is 42.6 Å². The van der Waals surface area contributed by atoms with Crippen molar-refractivity contribution in [1.29, 1.82) is 0 Å². The van der Waals surface area contributed by atoms with Gasteiger partial charge in [0.2, 0.25) is 11.8 Å². The zero-order chi connectivity index (χ0) is 12.8. The molecule has 18 heavy (non-hydrogen) atoms. The lowest BCUT2D eigenvalue weighted by molar-refractivity contribution is 0.461. The summed E-state index contributed by atoms with van der Waals surface area (Å²) in [5.74, 6) is 1.83. The number of aromatic nitrogens is 2. The molecule has 1 aromatic heterocycles. The molecular weight excluding hydrogens is 226 g/mol. The molecule has 0 aliphatic rings. The normalized spacial score (nSPS) is 10.6. The Balaban J connectivity index is 2.27. The SMILES string of the molecule is C/C=C/c1ccccc1Oc1ccnc(NC)n1. The molecule has 0 bridgehead atoms. The molecule has 0 radical (unpaired) electrons. The van der Waals surface area contributed by atoms with Crippen LogP contribution in [0.1, 0.15) is 12.5 Å². The third-order valence-corrected chi connectivity index (χ3v) is 2.33. The van der Waals surface area contributed by atoms with Crippen LogP contribution in [0.2, 0.25) is 0 Å². The van der Waals surface area contributed by atoms with Crippen molar-refractivity contribution in [1.82, 2.24) is 9.97 Å². The van der Waals surface area contributed by atoms with Crippen LogP contribution < -0.4 is 10.1 Å². The molecular formula is C14H15N3O. The van der Waals surface area contributed by atoms with E-state index in [1.807, 2.05) is 43.3 Å². The first-order chi connectivity index (χ1) is 8.83. The maximum atomic E-state index is 5.76. The van der Waals surface area contributed by atoms with Crippen LogP contribution in [0, 0.1) is 0 Å². The number of nitrogens with zero attached hydrogens (tertiary/aromatic N) is 2. The summed E-state index contributed by atoms with van der Waals surface area (Å²) in [7, 11) is 1.77. The van der Waals surface area contributed by atoms with E-state index in [1.54, 1.807) is 19.3 Å². The largest absolute Gasteiger partial charge is 0.438 e. The van der Waals surface area contributed by atoms with Crippen molar-refractivity contribution in [3.05, 3.63) is 48.2 Å². The first-order valence-corrected chi connectivity index (χ1v) is 5.74. The number of ether oxygens (including phenoxy) is 1. The Kier molecular flexibility index (Phi) is 3.91. The predicted octanol–water partition coefficient (Wildman–Crippen LogP) is 3.34. The molecule has 0 atom stereocenters.